The number of ether oxygens (including phenoxy) is 1. The van der Waals surface area contributed by atoms with Crippen LogP contribution in [0.25, 0.3) is 0 Å². The van der Waals surface area contributed by atoms with Crippen molar-refractivity contribution < 1.29 is 19.4 Å². The molecule has 1 aliphatic heterocycles. The van der Waals surface area contributed by atoms with E-state index in [-0.39, 0.29) is 18.4 Å². The summed E-state index contributed by atoms with van der Waals surface area (Å²) in [6.45, 7) is 3.95. The molecule has 1 aromatic carbocycles. The van der Waals surface area contributed by atoms with Crippen molar-refractivity contribution in [2.45, 2.75) is 32.7 Å². The predicted octanol–water partition coefficient (Wildman–Crippen LogP) is 2.51. The number of hydrogen-bond acceptors (Lipinski definition) is 3. The number of nitrogens with one attached hydrogen (secondary N) is 1. The van der Waals surface area contributed by atoms with Crippen molar-refractivity contribution in [2.24, 2.45) is 11.8 Å². The number of carbonyl (C=O) groups is 2. The van der Waals surface area contributed by atoms with Crippen molar-refractivity contribution >= 4 is 23.5 Å². The fourth-order valence-electron chi connectivity index (χ4n) is 2.49. The third-order valence-corrected chi connectivity index (χ3v) is 4.31. The summed E-state index contributed by atoms with van der Waals surface area (Å²) in [5.41, 5.74) is 0.870. The summed E-state index contributed by atoms with van der Waals surface area (Å²) in [5, 5.41) is 12.5. The number of fused-ring (bicyclic) bond motifs is 1. The molecule has 0 saturated carbocycles. The average Bonchev–Trinajstić information content (AvgIpc) is 2.50. The summed E-state index contributed by atoms with van der Waals surface area (Å²) in [5.74, 6) is -1.11. The zero-order valence-corrected chi connectivity index (χ0v) is 13.4. The fourth-order valence-corrected chi connectivity index (χ4v) is 2.68. The number of halogens is 1. The van der Waals surface area contributed by atoms with E-state index < -0.39 is 17.9 Å². The Morgan fingerprint density at radius 3 is 2.86 bits per heavy atom. The van der Waals surface area contributed by atoms with Gasteiger partial charge in [-0.2, -0.15) is 0 Å². The van der Waals surface area contributed by atoms with Crippen molar-refractivity contribution in [3.05, 3.63) is 28.8 Å². The monoisotopic (exact) mass is 325 g/mol. The summed E-state index contributed by atoms with van der Waals surface area (Å²) >= 11 is 5.96. The largest absolute Gasteiger partial charge is 0.492 e. The second-order valence-electron chi connectivity index (χ2n) is 5.67. The number of hydrogen-bond donors (Lipinski definition) is 2. The van der Waals surface area contributed by atoms with Crippen molar-refractivity contribution in [3.8, 4) is 5.75 Å². The van der Waals surface area contributed by atoms with Crippen LogP contribution < -0.4 is 10.1 Å². The van der Waals surface area contributed by atoms with E-state index in [0.717, 1.165) is 11.3 Å². The quantitative estimate of drug-likeness (QED) is 0.872. The number of benzene rings is 1. The van der Waals surface area contributed by atoms with Crippen LogP contribution in [0.3, 0.4) is 0 Å². The highest BCUT2D eigenvalue weighted by atomic mass is 35.5. The Labute approximate surface area is 134 Å². The normalized spacial score (nSPS) is 19.5. The molecule has 0 aliphatic carbocycles. The Balaban J connectivity index is 2.06. The molecular formula is C16H20ClNO4. The van der Waals surface area contributed by atoms with Gasteiger partial charge >= 0.3 is 5.97 Å². The Morgan fingerprint density at radius 2 is 2.23 bits per heavy atom. The van der Waals surface area contributed by atoms with E-state index in [9.17, 15) is 14.7 Å². The molecule has 22 heavy (non-hydrogen) atoms. The Morgan fingerprint density at radius 1 is 1.50 bits per heavy atom. The van der Waals surface area contributed by atoms with Crippen LogP contribution in [0.1, 0.15) is 25.8 Å². The van der Waals surface area contributed by atoms with E-state index in [1.807, 2.05) is 13.8 Å². The third kappa shape index (κ3) is 3.71. The van der Waals surface area contributed by atoms with Crippen LogP contribution >= 0.6 is 11.6 Å². The van der Waals surface area contributed by atoms with Crippen molar-refractivity contribution in [3.63, 3.8) is 0 Å². The van der Waals surface area contributed by atoms with E-state index >= 15 is 0 Å². The average molecular weight is 326 g/mol. The van der Waals surface area contributed by atoms with Crippen LogP contribution in [0.5, 0.6) is 5.75 Å². The molecule has 1 heterocycles. The van der Waals surface area contributed by atoms with Crippen LogP contribution in [0.15, 0.2) is 18.2 Å². The number of aliphatic carboxylic acids is 1. The molecule has 1 amide bonds. The molecule has 0 saturated heterocycles. The van der Waals surface area contributed by atoms with Gasteiger partial charge in [-0.25, -0.2) is 4.79 Å². The minimum absolute atomic E-state index is 0.132. The minimum Gasteiger partial charge on any atom is -0.492 e. The standard InChI is InChI=1S/C16H20ClNO4/c1-3-9(2)14(16(20)21)18-15(19)11-6-10-7-12(17)4-5-13(10)22-8-11/h4-5,7,9,11,14H,3,6,8H2,1-2H3,(H,18,19)(H,20,21)/t9-,11?,14-/m0/s1. The number of rotatable bonds is 5. The van der Waals surface area contributed by atoms with E-state index in [2.05, 4.69) is 5.32 Å². The second kappa shape index (κ2) is 7.01. The molecule has 0 spiro atoms. The van der Waals surface area contributed by atoms with Gasteiger partial charge in [-0.1, -0.05) is 31.9 Å². The summed E-state index contributed by atoms with van der Waals surface area (Å²) in [4.78, 5) is 23.6. The molecule has 0 bridgehead atoms. The number of carboxylic acid groups (broad SMARTS) is 1. The minimum atomic E-state index is -1.01. The van der Waals surface area contributed by atoms with Crippen LogP contribution in [0.2, 0.25) is 5.02 Å². The Bertz CT molecular complexity index is 575. The predicted molar refractivity (Wildman–Crippen MR) is 83.2 cm³/mol. The first kappa shape index (κ1) is 16.6. The highest BCUT2D eigenvalue weighted by molar-refractivity contribution is 6.30. The Hall–Kier alpha value is -1.75. The van der Waals surface area contributed by atoms with Gasteiger partial charge in [0.25, 0.3) is 0 Å². The molecule has 2 rings (SSSR count). The van der Waals surface area contributed by atoms with Gasteiger partial charge in [-0.3, -0.25) is 4.79 Å². The summed E-state index contributed by atoms with van der Waals surface area (Å²) in [7, 11) is 0. The molecule has 3 atom stereocenters. The lowest BCUT2D eigenvalue weighted by atomic mass is 9.94. The van der Waals surface area contributed by atoms with E-state index in [1.165, 1.54) is 0 Å². The van der Waals surface area contributed by atoms with Crippen LogP contribution in [0.4, 0.5) is 0 Å². The molecule has 5 nitrogen and oxygen atoms in total. The first-order valence-corrected chi connectivity index (χ1v) is 7.74. The maximum absolute atomic E-state index is 12.3. The number of carbonyl (C=O) groups excluding carboxylic acids is 1. The number of carboxylic acids is 1. The molecule has 6 heteroatoms. The maximum Gasteiger partial charge on any atom is 0.326 e. The summed E-state index contributed by atoms with van der Waals surface area (Å²) in [6, 6.07) is 4.42. The zero-order valence-electron chi connectivity index (χ0n) is 12.6. The lowest BCUT2D eigenvalue weighted by molar-refractivity contribution is -0.144. The lowest BCUT2D eigenvalue weighted by Gasteiger charge is -2.27. The number of amides is 1. The van der Waals surface area contributed by atoms with Gasteiger partial charge in [0.1, 0.15) is 18.4 Å². The first-order valence-electron chi connectivity index (χ1n) is 7.36. The van der Waals surface area contributed by atoms with Gasteiger partial charge in [0.05, 0.1) is 5.92 Å². The molecule has 1 aliphatic rings. The molecule has 0 aromatic heterocycles. The SMILES string of the molecule is CC[C@H](C)[C@H](NC(=O)C1COc2ccc(Cl)cc2C1)C(=O)O. The van der Waals surface area contributed by atoms with Gasteiger partial charge in [-0.05, 0) is 36.1 Å². The highest BCUT2D eigenvalue weighted by Gasteiger charge is 2.31. The smallest absolute Gasteiger partial charge is 0.326 e. The zero-order chi connectivity index (χ0) is 16.3. The van der Waals surface area contributed by atoms with Crippen molar-refractivity contribution in [1.29, 1.82) is 0 Å². The van der Waals surface area contributed by atoms with Gasteiger partial charge in [0.2, 0.25) is 5.91 Å². The van der Waals surface area contributed by atoms with Crippen LogP contribution in [-0.2, 0) is 16.0 Å². The second-order valence-corrected chi connectivity index (χ2v) is 6.11. The third-order valence-electron chi connectivity index (χ3n) is 4.08. The highest BCUT2D eigenvalue weighted by Crippen LogP contribution is 2.30. The van der Waals surface area contributed by atoms with E-state index in [4.69, 9.17) is 16.3 Å². The summed E-state index contributed by atoms with van der Waals surface area (Å²) < 4.78 is 5.57. The van der Waals surface area contributed by atoms with Gasteiger partial charge in [0, 0.05) is 5.02 Å². The molecule has 1 aromatic rings. The van der Waals surface area contributed by atoms with E-state index in [0.29, 0.717) is 17.9 Å². The fraction of sp³-hybridized carbons (Fsp3) is 0.500. The van der Waals surface area contributed by atoms with Gasteiger partial charge < -0.3 is 15.2 Å². The summed E-state index contributed by atoms with van der Waals surface area (Å²) in [6.07, 6.45) is 1.17. The van der Waals surface area contributed by atoms with Crippen LogP contribution in [0, 0.1) is 11.8 Å². The lowest BCUT2D eigenvalue weighted by Crippen LogP contribution is -2.49. The maximum atomic E-state index is 12.3. The molecule has 120 valence electrons. The van der Waals surface area contributed by atoms with E-state index in [1.54, 1.807) is 18.2 Å². The molecule has 2 N–H and O–H groups in total. The molecule has 0 fully saturated rings. The van der Waals surface area contributed by atoms with Crippen molar-refractivity contribution in [2.75, 3.05) is 6.61 Å². The Kier molecular flexibility index (Phi) is 5.29. The molecular weight excluding hydrogens is 306 g/mol. The first-order chi connectivity index (χ1) is 10.4. The van der Waals surface area contributed by atoms with Gasteiger partial charge in [-0.15, -0.1) is 0 Å². The van der Waals surface area contributed by atoms with Gasteiger partial charge in [0.15, 0.2) is 0 Å². The topological polar surface area (TPSA) is 75.6 Å². The molecule has 0 radical (unpaired) electrons. The molecule has 1 unspecified atom stereocenters. The van der Waals surface area contributed by atoms with Crippen molar-refractivity contribution in [1.82, 2.24) is 5.32 Å². The van der Waals surface area contributed by atoms with Crippen LogP contribution in [-0.4, -0.2) is 29.6 Å².